The highest BCUT2D eigenvalue weighted by atomic mass is 16.2. The van der Waals surface area contributed by atoms with E-state index in [1.54, 1.807) is 0 Å². The lowest BCUT2D eigenvalue weighted by molar-refractivity contribution is -0.105. The Bertz CT molecular complexity index is 649. The number of hydrogen-bond acceptors (Lipinski definition) is 4. The number of nitrogens with two attached hydrogens (primary N) is 1. The van der Waals surface area contributed by atoms with Gasteiger partial charge in [-0.15, -0.1) is 0 Å². The van der Waals surface area contributed by atoms with E-state index in [-0.39, 0.29) is 11.5 Å². The van der Waals surface area contributed by atoms with Gasteiger partial charge in [0, 0.05) is 13.6 Å². The summed E-state index contributed by atoms with van der Waals surface area (Å²) in [5.74, 6) is 0.0242. The zero-order valence-corrected chi connectivity index (χ0v) is 15.6. The van der Waals surface area contributed by atoms with Crippen molar-refractivity contribution < 1.29 is 4.79 Å². The second-order valence-electron chi connectivity index (χ2n) is 6.50. The topological polar surface area (TPSA) is 99.1 Å². The Morgan fingerprint density at radius 3 is 2.00 bits per heavy atom. The Kier molecular flexibility index (Phi) is 9.65. The molecular weight excluding hydrogens is 320 g/mol. The van der Waals surface area contributed by atoms with E-state index in [1.807, 2.05) is 0 Å². The third-order valence-corrected chi connectivity index (χ3v) is 4.52. The molecule has 0 unspecified atom stereocenters. The average Bonchev–Trinajstić information content (AvgIpc) is 2.61. The minimum Gasteiger partial charge on any atom is -0.383 e. The molecule has 0 aromatic carbocycles. The Morgan fingerprint density at radius 2 is 1.48 bits per heavy atom. The van der Waals surface area contributed by atoms with Crippen LogP contribution in [0.3, 0.4) is 0 Å². The lowest BCUT2D eigenvalue weighted by atomic mass is 10.1. The van der Waals surface area contributed by atoms with Gasteiger partial charge in [0.25, 0.3) is 5.56 Å². The highest BCUT2D eigenvalue weighted by Crippen LogP contribution is 2.13. The summed E-state index contributed by atoms with van der Waals surface area (Å²) in [7, 11) is 1.38. The van der Waals surface area contributed by atoms with Gasteiger partial charge in [-0.1, -0.05) is 64.7 Å². The minimum atomic E-state index is -0.589. The number of nitrogens with zero attached hydrogens (tertiary/aromatic N) is 2. The fourth-order valence-electron chi connectivity index (χ4n) is 2.95. The van der Waals surface area contributed by atoms with Gasteiger partial charge in [-0.2, -0.15) is 0 Å². The predicted octanol–water partition coefficient (Wildman–Crippen LogP) is 2.62. The SMILES string of the molecule is CCCCCCCCCCCCn1c(N)c(NC=O)c(=O)n(C)c1=O. The van der Waals surface area contributed by atoms with Gasteiger partial charge in [0.15, 0.2) is 0 Å². The Balaban J connectivity index is 2.44. The van der Waals surface area contributed by atoms with Crippen LogP contribution >= 0.6 is 0 Å². The van der Waals surface area contributed by atoms with Gasteiger partial charge in [0.2, 0.25) is 6.41 Å². The molecule has 0 radical (unpaired) electrons. The zero-order valence-electron chi connectivity index (χ0n) is 15.6. The number of carbonyl (C=O) groups excluding carboxylic acids is 1. The van der Waals surface area contributed by atoms with E-state index in [9.17, 15) is 14.4 Å². The maximum atomic E-state index is 12.2. The number of unbranched alkanes of at least 4 members (excludes halogenated alkanes) is 9. The number of aromatic nitrogens is 2. The first-order valence-corrected chi connectivity index (χ1v) is 9.34. The van der Waals surface area contributed by atoms with Gasteiger partial charge >= 0.3 is 5.69 Å². The van der Waals surface area contributed by atoms with Crippen LogP contribution in [0.4, 0.5) is 11.5 Å². The van der Waals surface area contributed by atoms with E-state index < -0.39 is 11.2 Å². The molecule has 0 aliphatic rings. The van der Waals surface area contributed by atoms with Gasteiger partial charge in [0.05, 0.1) is 0 Å². The summed E-state index contributed by atoms with van der Waals surface area (Å²) in [6.07, 6.45) is 12.4. The maximum absolute atomic E-state index is 12.2. The van der Waals surface area contributed by atoms with E-state index in [0.717, 1.165) is 23.8 Å². The monoisotopic (exact) mass is 352 g/mol. The Morgan fingerprint density at radius 1 is 0.960 bits per heavy atom. The van der Waals surface area contributed by atoms with Crippen molar-refractivity contribution >= 4 is 17.9 Å². The van der Waals surface area contributed by atoms with Gasteiger partial charge in [-0.3, -0.25) is 18.7 Å². The number of rotatable bonds is 13. The van der Waals surface area contributed by atoms with Gasteiger partial charge in [-0.25, -0.2) is 4.79 Å². The number of amides is 1. The molecule has 1 aromatic heterocycles. The molecule has 3 N–H and O–H groups in total. The zero-order chi connectivity index (χ0) is 18.7. The second kappa shape index (κ2) is 11.5. The van der Waals surface area contributed by atoms with Crippen molar-refractivity contribution in [2.75, 3.05) is 11.1 Å². The molecule has 1 rings (SSSR count). The van der Waals surface area contributed by atoms with Crippen LogP contribution in [0.1, 0.15) is 71.1 Å². The molecule has 7 heteroatoms. The van der Waals surface area contributed by atoms with Crippen LogP contribution in [0, 0.1) is 0 Å². The van der Waals surface area contributed by atoms with Crippen molar-refractivity contribution in [1.29, 1.82) is 0 Å². The first kappa shape index (κ1) is 21.0. The molecule has 142 valence electrons. The van der Waals surface area contributed by atoms with Crippen LogP contribution in [-0.2, 0) is 18.4 Å². The van der Waals surface area contributed by atoms with E-state index in [0.29, 0.717) is 13.0 Å². The summed E-state index contributed by atoms with van der Waals surface area (Å²) in [5, 5.41) is 2.29. The summed E-state index contributed by atoms with van der Waals surface area (Å²) in [4.78, 5) is 34.8. The Labute approximate surface area is 149 Å². The van der Waals surface area contributed by atoms with Crippen LogP contribution in [0.15, 0.2) is 9.59 Å². The van der Waals surface area contributed by atoms with Crippen LogP contribution in [0.5, 0.6) is 0 Å². The van der Waals surface area contributed by atoms with Crippen molar-refractivity contribution in [3.8, 4) is 0 Å². The van der Waals surface area contributed by atoms with Crippen molar-refractivity contribution in [3.05, 3.63) is 20.8 Å². The van der Waals surface area contributed by atoms with Gasteiger partial charge in [-0.05, 0) is 6.42 Å². The minimum absolute atomic E-state index is 0.0242. The lowest BCUT2D eigenvalue weighted by Gasteiger charge is -2.14. The van der Waals surface area contributed by atoms with Crippen molar-refractivity contribution in [2.24, 2.45) is 7.05 Å². The summed E-state index contributed by atoms with van der Waals surface area (Å²) in [6.45, 7) is 2.67. The molecular formula is C18H32N4O3. The number of nitrogen functional groups attached to an aromatic ring is 1. The standard InChI is InChI=1S/C18H32N4O3/c1-3-4-5-6-7-8-9-10-11-12-13-22-16(19)15(20-14-23)17(24)21(2)18(22)25/h14H,3-13,19H2,1-2H3,(H,20,23). The molecule has 0 atom stereocenters. The molecule has 0 aliphatic carbocycles. The van der Waals surface area contributed by atoms with Crippen LogP contribution < -0.4 is 22.3 Å². The summed E-state index contributed by atoms with van der Waals surface area (Å²) in [5.41, 5.74) is 4.81. The molecule has 0 saturated heterocycles. The maximum Gasteiger partial charge on any atom is 0.332 e. The van der Waals surface area contributed by atoms with Crippen molar-refractivity contribution in [1.82, 2.24) is 9.13 Å². The summed E-state index contributed by atoms with van der Waals surface area (Å²) < 4.78 is 2.33. The highest BCUT2D eigenvalue weighted by Gasteiger charge is 2.14. The van der Waals surface area contributed by atoms with E-state index >= 15 is 0 Å². The quantitative estimate of drug-likeness (QED) is 0.421. The number of hydrogen-bond donors (Lipinski definition) is 2. The van der Waals surface area contributed by atoms with Gasteiger partial charge in [0.1, 0.15) is 11.5 Å². The van der Waals surface area contributed by atoms with Crippen LogP contribution in [0.25, 0.3) is 0 Å². The number of nitrogens with one attached hydrogen (secondary N) is 1. The van der Waals surface area contributed by atoms with E-state index in [2.05, 4.69) is 12.2 Å². The molecule has 0 fully saturated rings. The summed E-state index contributed by atoms with van der Waals surface area (Å²) in [6, 6.07) is 0. The predicted molar refractivity (Wildman–Crippen MR) is 102 cm³/mol. The summed E-state index contributed by atoms with van der Waals surface area (Å²) >= 11 is 0. The second-order valence-corrected chi connectivity index (χ2v) is 6.50. The largest absolute Gasteiger partial charge is 0.383 e. The average molecular weight is 352 g/mol. The number of anilines is 2. The fourth-order valence-corrected chi connectivity index (χ4v) is 2.95. The molecule has 0 aliphatic heterocycles. The third kappa shape index (κ3) is 6.40. The number of carbonyl (C=O) groups is 1. The van der Waals surface area contributed by atoms with Crippen LogP contribution in [0.2, 0.25) is 0 Å². The molecule has 0 bridgehead atoms. The fraction of sp³-hybridized carbons (Fsp3) is 0.722. The van der Waals surface area contributed by atoms with Crippen molar-refractivity contribution in [3.63, 3.8) is 0 Å². The van der Waals surface area contributed by atoms with E-state index in [4.69, 9.17) is 5.73 Å². The molecule has 1 amide bonds. The normalized spacial score (nSPS) is 10.8. The van der Waals surface area contributed by atoms with Crippen molar-refractivity contribution in [2.45, 2.75) is 77.7 Å². The van der Waals surface area contributed by atoms with E-state index in [1.165, 1.54) is 56.6 Å². The first-order valence-electron chi connectivity index (χ1n) is 9.34. The smallest absolute Gasteiger partial charge is 0.332 e. The van der Waals surface area contributed by atoms with Crippen LogP contribution in [-0.4, -0.2) is 15.5 Å². The molecule has 0 saturated carbocycles. The lowest BCUT2D eigenvalue weighted by Crippen LogP contribution is -2.40. The highest BCUT2D eigenvalue weighted by molar-refractivity contribution is 5.77. The Hall–Kier alpha value is -2.05. The first-order chi connectivity index (χ1) is 12.0. The third-order valence-electron chi connectivity index (χ3n) is 4.52. The molecule has 7 nitrogen and oxygen atoms in total. The molecule has 1 aromatic rings. The molecule has 0 spiro atoms. The van der Waals surface area contributed by atoms with Gasteiger partial charge < -0.3 is 11.1 Å². The molecule has 25 heavy (non-hydrogen) atoms. The molecule has 1 heterocycles.